The van der Waals surface area contributed by atoms with E-state index in [2.05, 4.69) is 27.4 Å². The number of allylic oxidation sites excluding steroid dienone is 1. The van der Waals surface area contributed by atoms with E-state index in [4.69, 9.17) is 0 Å². The Kier molecular flexibility index (Phi) is 3.18. The zero-order valence-electron chi connectivity index (χ0n) is 11.0. The molecule has 0 aliphatic heterocycles. The van der Waals surface area contributed by atoms with Gasteiger partial charge in [-0.3, -0.25) is 0 Å². The zero-order valence-corrected chi connectivity index (χ0v) is 11.0. The van der Waals surface area contributed by atoms with Crippen LogP contribution in [0, 0.1) is 29.1 Å². The van der Waals surface area contributed by atoms with Crippen molar-refractivity contribution >= 4 is 0 Å². The fourth-order valence-electron chi connectivity index (χ4n) is 4.23. The number of rotatable bonds is 4. The molecule has 16 heavy (non-hydrogen) atoms. The number of hydrogen-bond acceptors (Lipinski definition) is 1. The Labute approximate surface area is 99.9 Å². The number of hydrogen-bond donors (Lipinski definition) is 1. The average Bonchev–Trinajstić information content (AvgIpc) is 2.25. The lowest BCUT2D eigenvalue weighted by atomic mass is 9.44. The standard InChI is InChI=1S/C15H26O/c1-10(2)7-11(9-16)13-6-5-12-8-14(13)15(12,3)4/h11-14,16H,1,5-9H2,2-4H3. The van der Waals surface area contributed by atoms with Crippen molar-refractivity contribution in [3.05, 3.63) is 12.2 Å². The third-order valence-corrected chi connectivity index (χ3v) is 5.36. The first-order chi connectivity index (χ1) is 7.46. The monoisotopic (exact) mass is 222 g/mol. The van der Waals surface area contributed by atoms with Gasteiger partial charge in [-0.25, -0.2) is 0 Å². The minimum Gasteiger partial charge on any atom is -0.396 e. The highest BCUT2D eigenvalue weighted by Gasteiger charge is 2.55. The predicted molar refractivity (Wildman–Crippen MR) is 68.1 cm³/mol. The van der Waals surface area contributed by atoms with E-state index in [0.29, 0.717) is 17.9 Å². The van der Waals surface area contributed by atoms with Crippen LogP contribution in [0.2, 0.25) is 0 Å². The largest absolute Gasteiger partial charge is 0.396 e. The van der Waals surface area contributed by atoms with E-state index in [-0.39, 0.29) is 0 Å². The minimum atomic E-state index is 0.342. The first kappa shape index (κ1) is 12.2. The topological polar surface area (TPSA) is 20.2 Å². The zero-order chi connectivity index (χ0) is 11.9. The van der Waals surface area contributed by atoms with Gasteiger partial charge in [-0.05, 0) is 61.7 Å². The molecule has 0 heterocycles. The van der Waals surface area contributed by atoms with Crippen LogP contribution in [-0.4, -0.2) is 11.7 Å². The second kappa shape index (κ2) is 4.18. The Balaban J connectivity index is 2.05. The van der Waals surface area contributed by atoms with Crippen molar-refractivity contribution in [1.29, 1.82) is 0 Å². The summed E-state index contributed by atoms with van der Waals surface area (Å²) in [5.41, 5.74) is 1.75. The molecule has 0 aromatic heterocycles. The normalized spacial score (nSPS) is 37.6. The summed E-state index contributed by atoms with van der Waals surface area (Å²) < 4.78 is 0. The van der Waals surface area contributed by atoms with Crippen molar-refractivity contribution in [2.45, 2.75) is 46.5 Å². The number of aliphatic hydroxyl groups is 1. The van der Waals surface area contributed by atoms with Crippen molar-refractivity contribution in [3.8, 4) is 0 Å². The SMILES string of the molecule is C=C(C)CC(CO)C1CCC2CC1C2(C)C. The van der Waals surface area contributed by atoms with Crippen LogP contribution in [0.25, 0.3) is 0 Å². The van der Waals surface area contributed by atoms with Gasteiger partial charge in [0.05, 0.1) is 0 Å². The molecule has 0 saturated heterocycles. The van der Waals surface area contributed by atoms with Crippen molar-refractivity contribution < 1.29 is 5.11 Å². The third kappa shape index (κ3) is 1.84. The van der Waals surface area contributed by atoms with E-state index >= 15 is 0 Å². The molecule has 3 aliphatic carbocycles. The molecule has 3 saturated carbocycles. The molecule has 1 heteroatoms. The Bertz CT molecular complexity index is 277. The van der Waals surface area contributed by atoms with Gasteiger partial charge in [0.25, 0.3) is 0 Å². The van der Waals surface area contributed by atoms with Gasteiger partial charge in [0.2, 0.25) is 0 Å². The van der Waals surface area contributed by atoms with Gasteiger partial charge in [0.1, 0.15) is 0 Å². The molecule has 0 amide bonds. The molecule has 3 fully saturated rings. The highest BCUT2D eigenvalue weighted by atomic mass is 16.3. The van der Waals surface area contributed by atoms with Crippen LogP contribution >= 0.6 is 0 Å². The first-order valence-corrected chi connectivity index (χ1v) is 6.72. The van der Waals surface area contributed by atoms with Crippen LogP contribution in [0.4, 0.5) is 0 Å². The lowest BCUT2D eigenvalue weighted by Crippen LogP contribution is -2.54. The molecule has 0 radical (unpaired) electrons. The van der Waals surface area contributed by atoms with Crippen LogP contribution in [0.15, 0.2) is 12.2 Å². The maximum Gasteiger partial charge on any atom is 0.0465 e. The summed E-state index contributed by atoms with van der Waals surface area (Å²) in [4.78, 5) is 0. The first-order valence-electron chi connectivity index (χ1n) is 6.72. The maximum atomic E-state index is 9.59. The fraction of sp³-hybridized carbons (Fsp3) is 0.867. The second-order valence-corrected chi connectivity index (χ2v) is 6.71. The molecule has 92 valence electrons. The lowest BCUT2D eigenvalue weighted by molar-refractivity contribution is -0.125. The summed E-state index contributed by atoms with van der Waals surface area (Å²) in [6, 6.07) is 0. The van der Waals surface area contributed by atoms with Crippen molar-refractivity contribution in [2.75, 3.05) is 6.61 Å². The van der Waals surface area contributed by atoms with E-state index in [1.54, 1.807) is 0 Å². The van der Waals surface area contributed by atoms with Crippen LogP contribution in [0.3, 0.4) is 0 Å². The van der Waals surface area contributed by atoms with Gasteiger partial charge in [0, 0.05) is 6.61 Å². The van der Waals surface area contributed by atoms with Gasteiger partial charge in [-0.15, -0.1) is 6.58 Å². The molecule has 0 aromatic carbocycles. The van der Waals surface area contributed by atoms with E-state index in [1.807, 2.05) is 0 Å². The minimum absolute atomic E-state index is 0.342. The van der Waals surface area contributed by atoms with Gasteiger partial charge < -0.3 is 5.11 Å². The highest BCUT2D eigenvalue weighted by molar-refractivity contribution is 5.06. The van der Waals surface area contributed by atoms with Crippen molar-refractivity contribution in [3.63, 3.8) is 0 Å². The second-order valence-electron chi connectivity index (χ2n) is 6.71. The van der Waals surface area contributed by atoms with Gasteiger partial charge in [-0.1, -0.05) is 19.4 Å². The van der Waals surface area contributed by atoms with Crippen LogP contribution in [-0.2, 0) is 0 Å². The van der Waals surface area contributed by atoms with Gasteiger partial charge in [0.15, 0.2) is 0 Å². The number of aliphatic hydroxyl groups excluding tert-OH is 1. The molecule has 0 aromatic rings. The summed E-state index contributed by atoms with van der Waals surface area (Å²) in [5, 5.41) is 9.59. The van der Waals surface area contributed by atoms with E-state index in [1.165, 1.54) is 24.8 Å². The Hall–Kier alpha value is -0.300. The Morgan fingerprint density at radius 2 is 2.12 bits per heavy atom. The quantitative estimate of drug-likeness (QED) is 0.720. The van der Waals surface area contributed by atoms with Crippen LogP contribution in [0.5, 0.6) is 0 Å². The summed E-state index contributed by atoms with van der Waals surface area (Å²) in [6.45, 7) is 11.3. The summed E-state index contributed by atoms with van der Waals surface area (Å²) in [6.07, 6.45) is 5.13. The van der Waals surface area contributed by atoms with Crippen LogP contribution in [0.1, 0.15) is 46.5 Å². The van der Waals surface area contributed by atoms with E-state index in [9.17, 15) is 5.11 Å². The average molecular weight is 222 g/mol. The number of fused-ring (bicyclic) bond motifs is 2. The third-order valence-electron chi connectivity index (χ3n) is 5.36. The molecule has 4 atom stereocenters. The van der Waals surface area contributed by atoms with Gasteiger partial charge >= 0.3 is 0 Å². The van der Waals surface area contributed by atoms with Gasteiger partial charge in [-0.2, -0.15) is 0 Å². The lowest BCUT2D eigenvalue weighted by Gasteiger charge is -2.61. The van der Waals surface area contributed by atoms with E-state index in [0.717, 1.165) is 24.2 Å². The molecule has 3 aliphatic rings. The highest BCUT2D eigenvalue weighted by Crippen LogP contribution is 2.63. The molecule has 1 nitrogen and oxygen atoms in total. The molecular formula is C15H26O. The Morgan fingerprint density at radius 1 is 1.44 bits per heavy atom. The summed E-state index contributed by atoms with van der Waals surface area (Å²) in [5.74, 6) is 3.00. The molecule has 3 rings (SSSR count). The molecule has 1 N–H and O–H groups in total. The fourth-order valence-corrected chi connectivity index (χ4v) is 4.23. The molecule has 4 unspecified atom stereocenters. The van der Waals surface area contributed by atoms with Crippen molar-refractivity contribution in [1.82, 2.24) is 0 Å². The Morgan fingerprint density at radius 3 is 2.56 bits per heavy atom. The van der Waals surface area contributed by atoms with Crippen molar-refractivity contribution in [2.24, 2.45) is 29.1 Å². The summed E-state index contributed by atoms with van der Waals surface area (Å²) in [7, 11) is 0. The smallest absolute Gasteiger partial charge is 0.0465 e. The molecule has 2 bridgehead atoms. The maximum absolute atomic E-state index is 9.59. The predicted octanol–water partition coefficient (Wildman–Crippen LogP) is 3.63. The van der Waals surface area contributed by atoms with Crippen LogP contribution < -0.4 is 0 Å². The van der Waals surface area contributed by atoms with E-state index < -0.39 is 0 Å². The molecular weight excluding hydrogens is 196 g/mol. The summed E-state index contributed by atoms with van der Waals surface area (Å²) >= 11 is 0. The molecule has 0 spiro atoms.